The maximum atomic E-state index is 12.9. The molecule has 1 fully saturated rings. The smallest absolute Gasteiger partial charge is 0.339 e. The van der Waals surface area contributed by atoms with Gasteiger partial charge in [-0.05, 0) is 57.0 Å². The average molecular weight is 393 g/mol. The van der Waals surface area contributed by atoms with Crippen molar-refractivity contribution in [1.82, 2.24) is 24.5 Å². The fourth-order valence-electron chi connectivity index (χ4n) is 3.88. The van der Waals surface area contributed by atoms with Crippen LogP contribution in [0.3, 0.4) is 0 Å². The van der Waals surface area contributed by atoms with Crippen molar-refractivity contribution < 1.29 is 14.7 Å². The van der Waals surface area contributed by atoms with Gasteiger partial charge in [0.05, 0.1) is 23.6 Å². The van der Waals surface area contributed by atoms with Gasteiger partial charge in [0.25, 0.3) is 5.91 Å². The molecule has 1 amide bonds. The third-order valence-electron chi connectivity index (χ3n) is 5.56. The first kappa shape index (κ1) is 18.9. The van der Waals surface area contributed by atoms with Gasteiger partial charge in [0.2, 0.25) is 0 Å². The minimum atomic E-state index is -0.963. The van der Waals surface area contributed by atoms with Gasteiger partial charge >= 0.3 is 5.97 Å². The van der Waals surface area contributed by atoms with E-state index in [1.165, 1.54) is 6.20 Å². The molecular weight excluding hydrogens is 370 g/mol. The van der Waals surface area contributed by atoms with Gasteiger partial charge in [-0.15, -0.1) is 0 Å². The van der Waals surface area contributed by atoms with Gasteiger partial charge in [-0.2, -0.15) is 10.2 Å². The summed E-state index contributed by atoms with van der Waals surface area (Å²) in [6, 6.07) is 9.52. The number of aromatic nitrogens is 4. The predicted octanol–water partition coefficient (Wildman–Crippen LogP) is 2.86. The number of rotatable bonds is 4. The number of carbonyl (C=O) groups excluding carboxylic acids is 1. The Bertz CT molecular complexity index is 1040. The maximum Gasteiger partial charge on any atom is 0.339 e. The molecule has 1 aliphatic heterocycles. The Labute approximate surface area is 168 Å². The molecule has 0 radical (unpaired) electrons. The number of likely N-dealkylation sites (tertiary alicyclic amines) is 1. The third kappa shape index (κ3) is 3.53. The topological polar surface area (TPSA) is 93.3 Å². The van der Waals surface area contributed by atoms with Crippen molar-refractivity contribution in [2.45, 2.75) is 32.7 Å². The number of amides is 1. The van der Waals surface area contributed by atoms with Crippen LogP contribution in [0.4, 0.5) is 0 Å². The lowest BCUT2D eigenvalue weighted by atomic mass is 10.0. The van der Waals surface area contributed by atoms with Crippen LogP contribution in [0, 0.1) is 13.8 Å². The molecule has 1 aromatic carbocycles. The highest BCUT2D eigenvalue weighted by Crippen LogP contribution is 2.25. The van der Waals surface area contributed by atoms with Gasteiger partial charge in [-0.25, -0.2) is 9.48 Å². The second kappa shape index (κ2) is 7.54. The van der Waals surface area contributed by atoms with E-state index >= 15 is 0 Å². The molecule has 0 aliphatic carbocycles. The quantitative estimate of drug-likeness (QED) is 0.736. The van der Waals surface area contributed by atoms with Crippen LogP contribution >= 0.6 is 0 Å². The van der Waals surface area contributed by atoms with E-state index in [2.05, 4.69) is 10.2 Å². The van der Waals surface area contributed by atoms with Crippen LogP contribution in [0.1, 0.15) is 51.0 Å². The summed E-state index contributed by atoms with van der Waals surface area (Å²) >= 11 is 0. The number of carboxylic acid groups (broad SMARTS) is 1. The number of piperidine rings is 1. The first-order valence-corrected chi connectivity index (χ1v) is 9.63. The normalized spacial score (nSPS) is 14.9. The number of aryl methyl sites for hydroxylation is 1. The Morgan fingerprint density at radius 1 is 1.03 bits per heavy atom. The second-order valence-corrected chi connectivity index (χ2v) is 7.35. The van der Waals surface area contributed by atoms with Gasteiger partial charge in [0, 0.05) is 30.5 Å². The summed E-state index contributed by atoms with van der Waals surface area (Å²) in [6.07, 6.45) is 4.65. The highest BCUT2D eigenvalue weighted by molar-refractivity contribution is 5.94. The van der Waals surface area contributed by atoms with E-state index in [0.29, 0.717) is 24.3 Å². The summed E-state index contributed by atoms with van der Waals surface area (Å²) < 4.78 is 3.62. The minimum absolute atomic E-state index is 0.00981. The van der Waals surface area contributed by atoms with E-state index in [4.69, 9.17) is 0 Å². The van der Waals surface area contributed by atoms with Crippen molar-refractivity contribution >= 4 is 11.9 Å². The lowest BCUT2D eigenvalue weighted by Gasteiger charge is -2.32. The van der Waals surface area contributed by atoms with Gasteiger partial charge in [-0.1, -0.05) is 0 Å². The highest BCUT2D eigenvalue weighted by atomic mass is 16.4. The molecule has 8 heteroatoms. The molecule has 0 atom stereocenters. The van der Waals surface area contributed by atoms with E-state index in [0.717, 1.165) is 24.2 Å². The van der Waals surface area contributed by atoms with Crippen molar-refractivity contribution in [3.05, 3.63) is 65.2 Å². The Morgan fingerprint density at radius 3 is 2.28 bits per heavy atom. The fourth-order valence-corrected chi connectivity index (χ4v) is 3.88. The molecular formula is C21H23N5O3. The average Bonchev–Trinajstić information content (AvgIpc) is 3.33. The van der Waals surface area contributed by atoms with Crippen LogP contribution in [0.5, 0.6) is 0 Å². The number of nitrogens with zero attached hydrogens (tertiary/aromatic N) is 5. The molecule has 0 spiro atoms. The van der Waals surface area contributed by atoms with Crippen molar-refractivity contribution in [2.75, 3.05) is 13.1 Å². The molecule has 3 aromatic rings. The molecule has 4 rings (SSSR count). The molecule has 0 bridgehead atoms. The van der Waals surface area contributed by atoms with E-state index in [9.17, 15) is 14.7 Å². The monoisotopic (exact) mass is 393 g/mol. The molecule has 2 aromatic heterocycles. The van der Waals surface area contributed by atoms with Crippen LogP contribution in [0.15, 0.2) is 42.7 Å². The molecule has 29 heavy (non-hydrogen) atoms. The van der Waals surface area contributed by atoms with Gasteiger partial charge in [0.15, 0.2) is 0 Å². The Balaban J connectivity index is 1.41. The molecule has 150 valence electrons. The minimum Gasteiger partial charge on any atom is -0.478 e. The van der Waals surface area contributed by atoms with Gasteiger partial charge in [0.1, 0.15) is 5.56 Å². The summed E-state index contributed by atoms with van der Waals surface area (Å²) in [5.41, 5.74) is 3.50. The van der Waals surface area contributed by atoms with Crippen molar-refractivity contribution in [1.29, 1.82) is 0 Å². The van der Waals surface area contributed by atoms with E-state index < -0.39 is 5.97 Å². The summed E-state index contributed by atoms with van der Waals surface area (Å²) in [7, 11) is 0. The molecule has 0 saturated carbocycles. The summed E-state index contributed by atoms with van der Waals surface area (Å²) in [5, 5.41) is 17.7. The number of hydrogen-bond donors (Lipinski definition) is 1. The lowest BCUT2D eigenvalue weighted by Crippen LogP contribution is -2.39. The van der Waals surface area contributed by atoms with Crippen LogP contribution in [0.2, 0.25) is 0 Å². The van der Waals surface area contributed by atoms with Crippen molar-refractivity contribution in [3.8, 4) is 5.69 Å². The zero-order valence-electron chi connectivity index (χ0n) is 16.4. The van der Waals surface area contributed by atoms with Crippen LogP contribution in [-0.4, -0.2) is 54.5 Å². The van der Waals surface area contributed by atoms with Gasteiger partial charge < -0.3 is 10.0 Å². The van der Waals surface area contributed by atoms with E-state index in [1.54, 1.807) is 17.8 Å². The summed E-state index contributed by atoms with van der Waals surface area (Å²) in [5.74, 6) is -0.953. The first-order chi connectivity index (χ1) is 14.0. The van der Waals surface area contributed by atoms with E-state index in [-0.39, 0.29) is 17.5 Å². The number of carboxylic acids is 1. The zero-order valence-corrected chi connectivity index (χ0v) is 16.4. The Kier molecular flexibility index (Phi) is 4.92. The van der Waals surface area contributed by atoms with Crippen LogP contribution < -0.4 is 0 Å². The highest BCUT2D eigenvalue weighted by Gasteiger charge is 2.27. The number of benzene rings is 1. The van der Waals surface area contributed by atoms with Crippen molar-refractivity contribution in [3.63, 3.8) is 0 Å². The summed E-state index contributed by atoms with van der Waals surface area (Å²) in [4.78, 5) is 25.9. The molecule has 1 aliphatic rings. The number of hydrogen-bond acceptors (Lipinski definition) is 4. The van der Waals surface area contributed by atoms with Crippen LogP contribution in [0.25, 0.3) is 5.69 Å². The Morgan fingerprint density at radius 2 is 1.72 bits per heavy atom. The third-order valence-corrected chi connectivity index (χ3v) is 5.56. The fraction of sp³-hybridized carbons (Fsp3) is 0.333. The van der Waals surface area contributed by atoms with Crippen molar-refractivity contribution in [2.24, 2.45) is 0 Å². The standard InChI is InChI=1S/C21H23N5O3/c1-14-7-10-22-25(14)17-5-3-16(4-6-17)20(27)24-11-8-18(9-12-24)26-15(2)19(13-23-26)21(28)29/h3-7,10,13,18H,8-9,11-12H2,1-2H3,(H,28,29). The number of carbonyl (C=O) groups is 2. The lowest BCUT2D eigenvalue weighted by molar-refractivity contribution is 0.0688. The molecule has 3 heterocycles. The molecule has 1 N–H and O–H groups in total. The van der Waals surface area contributed by atoms with Gasteiger partial charge in [-0.3, -0.25) is 9.48 Å². The SMILES string of the molecule is Cc1ccnn1-c1ccc(C(=O)N2CCC(n3ncc(C(=O)O)c3C)CC2)cc1. The maximum absolute atomic E-state index is 12.9. The van der Waals surface area contributed by atoms with E-state index in [1.807, 2.05) is 46.8 Å². The zero-order chi connectivity index (χ0) is 20.5. The Hall–Kier alpha value is -3.42. The second-order valence-electron chi connectivity index (χ2n) is 7.35. The number of aromatic carboxylic acids is 1. The molecule has 0 unspecified atom stereocenters. The molecule has 1 saturated heterocycles. The summed E-state index contributed by atoms with van der Waals surface area (Å²) in [6.45, 7) is 4.99. The predicted molar refractivity (Wildman–Crippen MR) is 106 cm³/mol. The molecule has 8 nitrogen and oxygen atoms in total. The largest absolute Gasteiger partial charge is 0.478 e. The first-order valence-electron chi connectivity index (χ1n) is 9.63. The van der Waals surface area contributed by atoms with Crippen LogP contribution in [-0.2, 0) is 0 Å².